The van der Waals surface area contributed by atoms with Gasteiger partial charge in [-0.25, -0.2) is 0 Å². The highest BCUT2D eigenvalue weighted by Crippen LogP contribution is 2.39. The highest BCUT2D eigenvalue weighted by Gasteiger charge is 2.61. The molecule has 0 radical (unpaired) electrons. The molecule has 2 nitrogen and oxygen atoms in total. The molecule has 0 aromatic heterocycles. The van der Waals surface area contributed by atoms with Crippen molar-refractivity contribution in [2.24, 2.45) is 5.92 Å². The van der Waals surface area contributed by atoms with Crippen molar-refractivity contribution < 1.29 is 31.1 Å². The fraction of sp³-hybridized carbons (Fsp3) is 0.900. The molecule has 19 heavy (non-hydrogen) atoms. The number of alkyl halides is 7. The van der Waals surface area contributed by atoms with Crippen LogP contribution in [0.3, 0.4) is 0 Å². The normalized spacial score (nSPS) is 25.5. The van der Waals surface area contributed by atoms with Crippen LogP contribution in [0.15, 0.2) is 0 Å². The van der Waals surface area contributed by atoms with Crippen molar-refractivity contribution in [3.63, 3.8) is 0 Å². The van der Waals surface area contributed by atoms with Gasteiger partial charge < -0.3 is 5.32 Å². The van der Waals surface area contributed by atoms with Crippen molar-refractivity contribution in [2.75, 3.05) is 0 Å². The van der Waals surface area contributed by atoms with Gasteiger partial charge in [0.15, 0.2) is 0 Å². The first-order chi connectivity index (χ1) is 8.53. The highest BCUT2D eigenvalue weighted by molar-refractivity contribution is 9.09. The minimum Gasteiger partial charge on any atom is -0.351 e. The van der Waals surface area contributed by atoms with E-state index in [0.717, 1.165) is 6.42 Å². The first kappa shape index (κ1) is 16.6. The Morgan fingerprint density at radius 2 is 1.53 bits per heavy atom. The van der Waals surface area contributed by atoms with Gasteiger partial charge in [-0.1, -0.05) is 28.8 Å². The van der Waals surface area contributed by atoms with E-state index < -0.39 is 30.2 Å². The average molecular weight is 356 g/mol. The Balaban J connectivity index is 2.78. The van der Waals surface area contributed by atoms with Gasteiger partial charge in [0.05, 0.1) is 0 Å². The quantitative estimate of drug-likeness (QED) is 0.595. The molecule has 112 valence electrons. The molecular formula is C10H12BrF6NO. The molecule has 9 heteroatoms. The molecule has 0 heterocycles. The lowest BCUT2D eigenvalue weighted by Crippen LogP contribution is -2.52. The van der Waals surface area contributed by atoms with E-state index in [1.165, 1.54) is 0 Å². The Labute approximate surface area is 114 Å². The first-order valence-electron chi connectivity index (χ1n) is 5.61. The lowest BCUT2D eigenvalue weighted by molar-refractivity contribution is -0.274. The van der Waals surface area contributed by atoms with E-state index in [0.29, 0.717) is 19.3 Å². The van der Waals surface area contributed by atoms with Crippen LogP contribution in [-0.2, 0) is 4.79 Å². The van der Waals surface area contributed by atoms with E-state index in [1.54, 1.807) is 0 Å². The Morgan fingerprint density at radius 1 is 1.05 bits per heavy atom. The molecule has 0 spiro atoms. The number of amides is 1. The number of halogens is 7. The van der Waals surface area contributed by atoms with Crippen LogP contribution in [0.4, 0.5) is 26.3 Å². The summed E-state index contributed by atoms with van der Waals surface area (Å²) in [4.78, 5) is 11.0. The van der Waals surface area contributed by atoms with Crippen LogP contribution >= 0.6 is 15.9 Å². The van der Waals surface area contributed by atoms with Crippen LogP contribution in [0.1, 0.15) is 25.7 Å². The van der Waals surface area contributed by atoms with E-state index in [-0.39, 0.29) is 4.83 Å². The minimum atomic E-state index is -5.64. The third kappa shape index (κ3) is 4.54. The summed E-state index contributed by atoms with van der Waals surface area (Å²) in [6.45, 7) is 0. The van der Waals surface area contributed by atoms with E-state index in [1.807, 2.05) is 5.32 Å². The van der Waals surface area contributed by atoms with Crippen LogP contribution in [0.25, 0.3) is 0 Å². The van der Waals surface area contributed by atoms with E-state index in [4.69, 9.17) is 0 Å². The second kappa shape index (κ2) is 5.88. The Kier molecular flexibility index (Phi) is 5.14. The smallest absolute Gasteiger partial charge is 0.351 e. The summed E-state index contributed by atoms with van der Waals surface area (Å²) in [6.07, 6.45) is -8.82. The van der Waals surface area contributed by atoms with Crippen LogP contribution in [0.5, 0.6) is 0 Å². The summed E-state index contributed by atoms with van der Waals surface area (Å²) in [6, 6.07) is -0.701. The maximum atomic E-state index is 12.3. The van der Waals surface area contributed by atoms with E-state index in [9.17, 15) is 31.1 Å². The van der Waals surface area contributed by atoms with Crippen molar-refractivity contribution in [2.45, 2.75) is 48.9 Å². The lowest BCUT2D eigenvalue weighted by Gasteiger charge is -2.30. The van der Waals surface area contributed by atoms with Crippen molar-refractivity contribution in [1.82, 2.24) is 5.32 Å². The molecular weight excluding hydrogens is 344 g/mol. The number of hydrogen-bond donors (Lipinski definition) is 1. The molecule has 0 aliphatic heterocycles. The molecule has 0 bridgehead atoms. The summed E-state index contributed by atoms with van der Waals surface area (Å²) < 4.78 is 74.0. The predicted octanol–water partition coefficient (Wildman–Crippen LogP) is 3.55. The van der Waals surface area contributed by atoms with Crippen molar-refractivity contribution in [3.05, 3.63) is 0 Å². The number of nitrogens with one attached hydrogen (secondary N) is 1. The maximum Gasteiger partial charge on any atom is 0.409 e. The molecule has 0 saturated heterocycles. The molecule has 0 aromatic carbocycles. The Morgan fingerprint density at radius 3 is 1.95 bits per heavy atom. The summed E-state index contributed by atoms with van der Waals surface area (Å²) in [5, 5.41) is 1.86. The second-order valence-corrected chi connectivity index (χ2v) is 5.61. The second-order valence-electron chi connectivity index (χ2n) is 4.43. The summed E-state index contributed by atoms with van der Waals surface area (Å²) in [7, 11) is 0. The van der Waals surface area contributed by atoms with Gasteiger partial charge in [0, 0.05) is 10.9 Å². The monoisotopic (exact) mass is 355 g/mol. The highest BCUT2D eigenvalue weighted by atomic mass is 79.9. The van der Waals surface area contributed by atoms with Crippen molar-refractivity contribution in [1.29, 1.82) is 0 Å². The van der Waals surface area contributed by atoms with Gasteiger partial charge in [-0.05, 0) is 12.8 Å². The average Bonchev–Trinajstić information content (AvgIpc) is 2.16. The van der Waals surface area contributed by atoms with Crippen molar-refractivity contribution >= 4 is 21.8 Å². The van der Waals surface area contributed by atoms with Crippen molar-refractivity contribution in [3.8, 4) is 0 Å². The number of carbonyl (C=O) groups excluding carboxylic acids is 1. The molecule has 2 atom stereocenters. The SMILES string of the molecule is O=C(NC1CCCCC1Br)C(C(F)(F)F)C(F)(F)F. The maximum absolute atomic E-state index is 12.3. The predicted molar refractivity (Wildman–Crippen MR) is 58.7 cm³/mol. The van der Waals surface area contributed by atoms with Gasteiger partial charge in [-0.3, -0.25) is 4.79 Å². The first-order valence-corrected chi connectivity index (χ1v) is 6.53. The lowest BCUT2D eigenvalue weighted by atomic mass is 9.94. The molecule has 0 aromatic rings. The van der Waals surface area contributed by atoms with Gasteiger partial charge in [-0.15, -0.1) is 0 Å². The van der Waals surface area contributed by atoms with Crippen LogP contribution in [-0.4, -0.2) is 29.1 Å². The largest absolute Gasteiger partial charge is 0.409 e. The Bertz CT molecular complexity index is 315. The molecule has 1 fully saturated rings. The molecule has 2 unspecified atom stereocenters. The molecule has 1 aliphatic rings. The van der Waals surface area contributed by atoms with Gasteiger partial charge in [0.2, 0.25) is 11.8 Å². The summed E-state index contributed by atoms with van der Waals surface area (Å²) in [5.74, 6) is -6.00. The molecule has 1 saturated carbocycles. The molecule has 1 rings (SSSR count). The zero-order valence-electron chi connectivity index (χ0n) is 9.61. The standard InChI is InChI=1S/C10H12BrF6NO/c11-5-3-1-2-4-6(5)18-8(19)7(9(12,13)14)10(15,16)17/h5-7H,1-4H2,(H,18,19). The van der Waals surface area contributed by atoms with Crippen LogP contribution in [0.2, 0.25) is 0 Å². The third-order valence-corrected chi connectivity index (χ3v) is 4.02. The zero-order valence-corrected chi connectivity index (χ0v) is 11.2. The molecule has 1 aliphatic carbocycles. The third-order valence-electron chi connectivity index (χ3n) is 2.93. The summed E-state index contributed by atoms with van der Waals surface area (Å²) in [5.41, 5.74) is 0. The molecule has 1 amide bonds. The number of rotatable bonds is 2. The topological polar surface area (TPSA) is 29.1 Å². The van der Waals surface area contributed by atoms with E-state index in [2.05, 4.69) is 15.9 Å². The Hall–Kier alpha value is -0.470. The fourth-order valence-electron chi connectivity index (χ4n) is 2.00. The van der Waals surface area contributed by atoms with Gasteiger partial charge in [0.1, 0.15) is 0 Å². The van der Waals surface area contributed by atoms with Gasteiger partial charge in [0.25, 0.3) is 0 Å². The van der Waals surface area contributed by atoms with Crippen LogP contribution < -0.4 is 5.32 Å². The molecule has 1 N–H and O–H groups in total. The van der Waals surface area contributed by atoms with Gasteiger partial charge >= 0.3 is 12.4 Å². The summed E-state index contributed by atoms with van der Waals surface area (Å²) >= 11 is 3.16. The zero-order chi connectivity index (χ0) is 14.8. The number of carbonyl (C=O) groups is 1. The fourth-order valence-corrected chi connectivity index (χ4v) is 2.72. The minimum absolute atomic E-state index is 0.299. The van der Waals surface area contributed by atoms with Gasteiger partial charge in [-0.2, -0.15) is 26.3 Å². The van der Waals surface area contributed by atoms with E-state index >= 15 is 0 Å². The van der Waals surface area contributed by atoms with Crippen LogP contribution in [0, 0.1) is 5.92 Å². The number of hydrogen-bond acceptors (Lipinski definition) is 1.